The van der Waals surface area contributed by atoms with Gasteiger partial charge in [-0.15, -0.1) is 0 Å². The minimum absolute atomic E-state index is 0.0519. The minimum Gasteiger partial charge on any atom is -0.458 e. The summed E-state index contributed by atoms with van der Waals surface area (Å²) in [5.41, 5.74) is 14.9. The molecule has 0 atom stereocenters. The quantitative estimate of drug-likeness (QED) is 0.170. The van der Waals surface area contributed by atoms with Gasteiger partial charge in [0.05, 0.1) is 16.4 Å². The first-order valence-electron chi connectivity index (χ1n) is 19.4. The highest BCUT2D eigenvalue weighted by atomic mass is 16.5. The van der Waals surface area contributed by atoms with Crippen LogP contribution in [0.5, 0.6) is 23.0 Å². The Morgan fingerprint density at radius 3 is 1.86 bits per heavy atom. The van der Waals surface area contributed by atoms with Gasteiger partial charge in [0.25, 0.3) is 6.71 Å². The summed E-state index contributed by atoms with van der Waals surface area (Å²) in [6, 6.07) is 63.0. The number of anilines is 3. The Bertz CT molecular complexity index is 3020. The van der Waals surface area contributed by atoms with Crippen molar-refractivity contribution in [2.24, 2.45) is 0 Å². The van der Waals surface area contributed by atoms with Crippen molar-refractivity contribution < 1.29 is 9.47 Å². The van der Waals surface area contributed by atoms with E-state index in [0.717, 1.165) is 73.1 Å². The Kier molecular flexibility index (Phi) is 6.45. The van der Waals surface area contributed by atoms with Gasteiger partial charge in [-0.2, -0.15) is 0 Å². The summed E-state index contributed by atoms with van der Waals surface area (Å²) >= 11 is 0. The van der Waals surface area contributed by atoms with Gasteiger partial charge in [-0.05, 0) is 100 Å². The molecule has 0 saturated carbocycles. The Balaban J connectivity index is 1.05. The van der Waals surface area contributed by atoms with Crippen molar-refractivity contribution in [1.82, 2.24) is 4.57 Å². The fraction of sp³-hybridized carbons (Fsp3) is 0.0588. The van der Waals surface area contributed by atoms with E-state index in [4.69, 9.17) is 9.47 Å². The fourth-order valence-corrected chi connectivity index (χ4v) is 9.86. The third-order valence-corrected chi connectivity index (χ3v) is 12.3. The number of para-hydroxylation sites is 4. The molecule has 0 N–H and O–H groups in total. The summed E-state index contributed by atoms with van der Waals surface area (Å²) in [6.07, 6.45) is 0. The second-order valence-electron chi connectivity index (χ2n) is 15.6. The average Bonchev–Trinajstić information content (AvgIpc) is 3.70. The molecule has 2 aliphatic heterocycles. The third-order valence-electron chi connectivity index (χ3n) is 12.3. The van der Waals surface area contributed by atoms with E-state index in [1.54, 1.807) is 0 Å². The van der Waals surface area contributed by atoms with Crippen LogP contribution in [0.25, 0.3) is 38.6 Å². The first kappa shape index (κ1) is 31.4. The maximum atomic E-state index is 7.09. The predicted molar refractivity (Wildman–Crippen MR) is 231 cm³/mol. The second-order valence-corrected chi connectivity index (χ2v) is 15.6. The zero-order chi connectivity index (χ0) is 37.1. The smallest absolute Gasteiger partial charge is 0.260 e. The van der Waals surface area contributed by atoms with E-state index < -0.39 is 0 Å². The fourth-order valence-electron chi connectivity index (χ4n) is 9.86. The lowest BCUT2D eigenvalue weighted by Crippen LogP contribution is -2.57. The first-order valence-corrected chi connectivity index (χ1v) is 19.4. The van der Waals surface area contributed by atoms with Crippen LogP contribution in [-0.2, 0) is 5.41 Å². The molecule has 0 radical (unpaired) electrons. The number of aromatic nitrogens is 1. The predicted octanol–water partition coefficient (Wildman–Crippen LogP) is 11.3. The highest BCUT2D eigenvalue weighted by Gasteiger charge is 2.46. The molecule has 0 fully saturated rings. The molecule has 5 heteroatoms. The summed E-state index contributed by atoms with van der Waals surface area (Å²) in [6.45, 7) is 4.66. The zero-order valence-corrected chi connectivity index (χ0v) is 31.0. The number of fused-ring (bicyclic) bond motifs is 12. The Labute approximate surface area is 325 Å². The molecule has 1 aliphatic carbocycles. The molecule has 12 rings (SSSR count). The highest BCUT2D eigenvalue weighted by Crippen LogP contribution is 2.55. The summed E-state index contributed by atoms with van der Waals surface area (Å²) in [4.78, 5) is 2.34. The van der Waals surface area contributed by atoms with Gasteiger partial charge in [-0.3, -0.25) is 0 Å². The van der Waals surface area contributed by atoms with Gasteiger partial charge in [0.15, 0.2) is 0 Å². The van der Waals surface area contributed by atoms with Crippen molar-refractivity contribution in [3.63, 3.8) is 0 Å². The molecule has 3 heterocycles. The summed E-state index contributed by atoms with van der Waals surface area (Å²) in [7, 11) is 0. The topological polar surface area (TPSA) is 26.6 Å². The van der Waals surface area contributed by atoms with Gasteiger partial charge in [0.1, 0.15) is 23.0 Å². The lowest BCUT2D eigenvalue weighted by molar-refractivity contribution is 0.456. The highest BCUT2D eigenvalue weighted by molar-refractivity contribution is 6.98. The van der Waals surface area contributed by atoms with Crippen molar-refractivity contribution in [2.75, 3.05) is 4.90 Å². The van der Waals surface area contributed by atoms with Gasteiger partial charge in [0.2, 0.25) is 0 Å². The van der Waals surface area contributed by atoms with Crippen molar-refractivity contribution >= 4 is 62.0 Å². The Morgan fingerprint density at radius 1 is 0.518 bits per heavy atom. The number of nitrogens with zero attached hydrogens (tertiary/aromatic N) is 2. The summed E-state index contributed by atoms with van der Waals surface area (Å²) in [5.74, 6) is 3.59. The number of rotatable bonds is 4. The Hall–Kier alpha value is -6.98. The molecule has 0 saturated heterocycles. The van der Waals surface area contributed by atoms with Crippen molar-refractivity contribution in [3.8, 4) is 39.8 Å². The number of benzene rings is 8. The van der Waals surface area contributed by atoms with Crippen LogP contribution in [0.4, 0.5) is 17.1 Å². The molecule has 0 spiro atoms. The summed E-state index contributed by atoms with van der Waals surface area (Å²) < 4.78 is 16.5. The van der Waals surface area contributed by atoms with E-state index >= 15 is 0 Å². The number of ether oxygens (including phenoxy) is 2. The molecular weight excluding hydrogens is 683 g/mol. The molecular formula is C51H35BN2O2. The van der Waals surface area contributed by atoms with Crippen LogP contribution in [0.1, 0.15) is 25.0 Å². The van der Waals surface area contributed by atoms with E-state index in [9.17, 15) is 0 Å². The zero-order valence-electron chi connectivity index (χ0n) is 31.0. The molecule has 0 amide bonds. The first-order chi connectivity index (χ1) is 27.6. The number of hydrogen-bond acceptors (Lipinski definition) is 3. The molecule has 3 aliphatic rings. The molecule has 56 heavy (non-hydrogen) atoms. The van der Waals surface area contributed by atoms with Crippen LogP contribution in [-0.4, -0.2) is 11.3 Å². The maximum absolute atomic E-state index is 7.09. The van der Waals surface area contributed by atoms with Crippen LogP contribution in [0.2, 0.25) is 0 Å². The van der Waals surface area contributed by atoms with E-state index in [1.807, 2.05) is 0 Å². The Morgan fingerprint density at radius 2 is 1.12 bits per heavy atom. The standard InChI is InChI=1S/C51H35BN2O2/c1-51(2)39-31-35(53(32-15-6-3-7-16-32)33-17-8-4-9-18-33)25-26-36(39)37-27-28-41-50(47(37)51)56-45-24-14-23-44-48(45)52(41)40-29-30-43-46(49(40)55-44)38-21-12-13-22-42(38)54(43)34-19-10-5-11-20-34/h3-31H,1-2H3. The molecule has 8 aromatic carbocycles. The minimum atomic E-state index is -0.332. The van der Waals surface area contributed by atoms with Gasteiger partial charge in [-0.1, -0.05) is 117 Å². The van der Waals surface area contributed by atoms with Gasteiger partial charge >= 0.3 is 0 Å². The second kappa shape index (κ2) is 11.5. The average molecular weight is 719 g/mol. The van der Waals surface area contributed by atoms with E-state index in [1.165, 1.54) is 33.1 Å². The van der Waals surface area contributed by atoms with Gasteiger partial charge in [0, 0.05) is 44.6 Å². The maximum Gasteiger partial charge on any atom is 0.260 e. The van der Waals surface area contributed by atoms with Crippen molar-refractivity contribution in [2.45, 2.75) is 19.3 Å². The third kappa shape index (κ3) is 4.25. The molecule has 4 nitrogen and oxygen atoms in total. The van der Waals surface area contributed by atoms with Crippen LogP contribution >= 0.6 is 0 Å². The lowest BCUT2D eigenvalue weighted by atomic mass is 9.34. The molecule has 1 aromatic heterocycles. The lowest BCUT2D eigenvalue weighted by Gasteiger charge is -2.35. The largest absolute Gasteiger partial charge is 0.458 e. The van der Waals surface area contributed by atoms with Crippen molar-refractivity contribution in [3.05, 3.63) is 187 Å². The number of hydrogen-bond donors (Lipinski definition) is 0. The molecule has 0 bridgehead atoms. The molecule has 0 unspecified atom stereocenters. The van der Waals surface area contributed by atoms with Gasteiger partial charge < -0.3 is 18.9 Å². The van der Waals surface area contributed by atoms with Crippen LogP contribution in [0, 0.1) is 0 Å². The van der Waals surface area contributed by atoms with E-state index in [0.29, 0.717) is 0 Å². The monoisotopic (exact) mass is 718 g/mol. The normalized spacial score (nSPS) is 13.9. The summed E-state index contributed by atoms with van der Waals surface area (Å²) in [5, 5.41) is 2.31. The van der Waals surface area contributed by atoms with E-state index in [2.05, 4.69) is 199 Å². The van der Waals surface area contributed by atoms with Crippen LogP contribution in [0.3, 0.4) is 0 Å². The van der Waals surface area contributed by atoms with Crippen LogP contribution in [0.15, 0.2) is 176 Å². The molecule has 264 valence electrons. The molecule has 9 aromatic rings. The van der Waals surface area contributed by atoms with Gasteiger partial charge in [-0.25, -0.2) is 0 Å². The SMILES string of the molecule is CC1(C)c2cc(N(c3ccccc3)c3ccccc3)ccc2-c2ccc3c(c21)Oc1cccc2c1B3c1ccc3c(c1O2)c1ccccc1n3-c1ccccc1. The van der Waals surface area contributed by atoms with E-state index in [-0.39, 0.29) is 12.1 Å². The van der Waals surface area contributed by atoms with Crippen molar-refractivity contribution in [1.29, 1.82) is 0 Å². The van der Waals surface area contributed by atoms with Crippen LogP contribution < -0.4 is 30.8 Å².